The van der Waals surface area contributed by atoms with Gasteiger partial charge in [0.1, 0.15) is 0 Å². The third-order valence-corrected chi connectivity index (χ3v) is 2.46. The Bertz CT molecular complexity index is 217. The van der Waals surface area contributed by atoms with Gasteiger partial charge in [0.2, 0.25) is 0 Å². The second-order valence-electron chi connectivity index (χ2n) is 4.19. The summed E-state index contributed by atoms with van der Waals surface area (Å²) >= 11 is 0. The average molecular weight is 370 g/mol. The van der Waals surface area contributed by atoms with E-state index in [1.807, 2.05) is 61.4 Å². The first-order valence-electron chi connectivity index (χ1n) is 7.04. The Kier molecular flexibility index (Phi) is 30.3. The molecule has 0 atom stereocenters. The number of hydrogen-bond acceptors (Lipinski definition) is 0. The van der Waals surface area contributed by atoms with Crippen LogP contribution in [0.25, 0.3) is 0 Å². The SMILES string of the molecule is [CH2]CCCCCCC.[CH]1C=CC=C1.[CH]1C=CC=C1.[Cl-].[Zr]. The Morgan fingerprint density at radius 3 is 1.30 bits per heavy atom. The first-order valence-corrected chi connectivity index (χ1v) is 7.04. The monoisotopic (exact) mass is 368 g/mol. The van der Waals surface area contributed by atoms with Crippen molar-refractivity contribution in [1.29, 1.82) is 0 Å². The van der Waals surface area contributed by atoms with E-state index in [2.05, 4.69) is 13.8 Å². The van der Waals surface area contributed by atoms with Crippen molar-refractivity contribution in [3.63, 3.8) is 0 Å². The normalized spacial score (nSPS) is 12.7. The van der Waals surface area contributed by atoms with Gasteiger partial charge < -0.3 is 12.4 Å². The van der Waals surface area contributed by atoms with Gasteiger partial charge in [0.05, 0.1) is 0 Å². The van der Waals surface area contributed by atoms with Crippen LogP contribution in [0.15, 0.2) is 48.6 Å². The molecule has 0 aliphatic heterocycles. The van der Waals surface area contributed by atoms with Crippen molar-refractivity contribution in [3.8, 4) is 0 Å². The molecule has 0 N–H and O–H groups in total. The van der Waals surface area contributed by atoms with E-state index >= 15 is 0 Å². The Labute approximate surface area is 152 Å². The molecule has 0 aromatic carbocycles. The van der Waals surface area contributed by atoms with E-state index in [1.165, 1.54) is 32.1 Å². The third kappa shape index (κ3) is 23.2. The molecule has 0 nitrogen and oxygen atoms in total. The minimum absolute atomic E-state index is 0. The van der Waals surface area contributed by atoms with Gasteiger partial charge in [-0.2, -0.15) is 0 Å². The van der Waals surface area contributed by atoms with Crippen LogP contribution < -0.4 is 12.4 Å². The number of allylic oxidation sites excluding steroid dienone is 8. The quantitative estimate of drug-likeness (QED) is 0.653. The van der Waals surface area contributed by atoms with Crippen LogP contribution in [-0.4, -0.2) is 0 Å². The van der Waals surface area contributed by atoms with Crippen molar-refractivity contribution in [3.05, 3.63) is 68.4 Å². The van der Waals surface area contributed by atoms with E-state index in [-0.39, 0.29) is 38.6 Å². The molecule has 2 heteroatoms. The molecule has 0 fully saturated rings. The fourth-order valence-corrected chi connectivity index (χ4v) is 1.42. The van der Waals surface area contributed by atoms with E-state index in [1.54, 1.807) is 0 Å². The molecule has 3 radical (unpaired) electrons. The number of unbranched alkanes of at least 4 members (excludes halogenated alkanes) is 5. The van der Waals surface area contributed by atoms with Crippen LogP contribution in [0.1, 0.15) is 45.4 Å². The van der Waals surface area contributed by atoms with Gasteiger partial charge in [-0.15, -0.1) is 0 Å². The van der Waals surface area contributed by atoms with Crippen LogP contribution in [0.2, 0.25) is 0 Å². The third-order valence-electron chi connectivity index (χ3n) is 2.46. The molecule has 0 bridgehead atoms. The predicted molar refractivity (Wildman–Crippen MR) is 83.9 cm³/mol. The minimum Gasteiger partial charge on any atom is -1.00 e. The van der Waals surface area contributed by atoms with Crippen molar-refractivity contribution in [2.75, 3.05) is 0 Å². The topological polar surface area (TPSA) is 0 Å². The summed E-state index contributed by atoms with van der Waals surface area (Å²) in [7, 11) is 0. The van der Waals surface area contributed by atoms with Gasteiger partial charge in [-0.25, -0.2) is 0 Å². The molecule has 111 valence electrons. The summed E-state index contributed by atoms with van der Waals surface area (Å²) in [5, 5.41) is 0. The number of rotatable bonds is 5. The number of halogens is 1. The zero-order valence-corrected chi connectivity index (χ0v) is 15.8. The van der Waals surface area contributed by atoms with Crippen LogP contribution in [-0.2, 0) is 26.2 Å². The molecule has 20 heavy (non-hydrogen) atoms. The van der Waals surface area contributed by atoms with E-state index in [0.717, 1.165) is 6.42 Å². The molecule has 0 saturated heterocycles. The van der Waals surface area contributed by atoms with Gasteiger partial charge in [-0.05, 0) is 0 Å². The van der Waals surface area contributed by atoms with Crippen molar-refractivity contribution >= 4 is 0 Å². The van der Waals surface area contributed by atoms with Gasteiger partial charge in [0.15, 0.2) is 0 Å². The maximum absolute atomic E-state index is 3.78. The first kappa shape index (κ1) is 25.1. The molecule has 2 aliphatic rings. The molecular weight excluding hydrogens is 343 g/mol. The first-order chi connectivity index (χ1) is 8.91. The molecule has 0 saturated carbocycles. The molecule has 0 unspecified atom stereocenters. The van der Waals surface area contributed by atoms with E-state index in [4.69, 9.17) is 0 Å². The molecule has 0 amide bonds. The fourth-order valence-electron chi connectivity index (χ4n) is 1.42. The van der Waals surface area contributed by atoms with Gasteiger partial charge in [-0.3, -0.25) is 0 Å². The standard InChI is InChI=1S/C8H17.2C5H5.ClH.Zr/c1-3-5-7-8-6-4-2;2*1-2-4-5-3-1;;/h1,3-8H2,2H3;2*1-5H;1H;/p-1. The summed E-state index contributed by atoms with van der Waals surface area (Å²) in [5.41, 5.74) is 0. The Hall–Kier alpha value is 0.133. The Morgan fingerprint density at radius 1 is 0.650 bits per heavy atom. The van der Waals surface area contributed by atoms with Gasteiger partial charge >= 0.3 is 0 Å². The van der Waals surface area contributed by atoms with Crippen molar-refractivity contribution < 1.29 is 38.6 Å². The smallest absolute Gasteiger partial charge is 0.00506 e. The summed E-state index contributed by atoms with van der Waals surface area (Å²) in [6, 6.07) is 0. The molecule has 0 spiro atoms. The van der Waals surface area contributed by atoms with Crippen LogP contribution in [0.3, 0.4) is 0 Å². The van der Waals surface area contributed by atoms with Crippen LogP contribution in [0, 0.1) is 19.8 Å². The summed E-state index contributed by atoms with van der Waals surface area (Å²) in [6.45, 7) is 6.02. The second kappa shape index (κ2) is 24.2. The zero-order valence-electron chi connectivity index (χ0n) is 12.6. The summed E-state index contributed by atoms with van der Waals surface area (Å²) in [4.78, 5) is 0. The minimum atomic E-state index is 0. The Balaban J connectivity index is -0.000000212. The molecular formula is C18H27ClZr-. The van der Waals surface area contributed by atoms with Crippen molar-refractivity contribution in [2.24, 2.45) is 0 Å². The fraction of sp³-hybridized carbons (Fsp3) is 0.389. The Morgan fingerprint density at radius 2 is 1.05 bits per heavy atom. The molecule has 0 aromatic rings. The maximum Gasteiger partial charge on any atom is 0.00506 e. The van der Waals surface area contributed by atoms with Crippen molar-refractivity contribution in [1.82, 2.24) is 0 Å². The maximum atomic E-state index is 3.78. The van der Waals surface area contributed by atoms with Crippen LogP contribution in [0.4, 0.5) is 0 Å². The summed E-state index contributed by atoms with van der Waals surface area (Å²) in [6.07, 6.45) is 28.0. The zero-order chi connectivity index (χ0) is 13.3. The predicted octanol–water partition coefficient (Wildman–Crippen LogP) is 2.82. The van der Waals surface area contributed by atoms with Crippen LogP contribution >= 0.6 is 0 Å². The largest absolute Gasteiger partial charge is 1.00 e. The van der Waals surface area contributed by atoms with E-state index in [0.29, 0.717) is 0 Å². The van der Waals surface area contributed by atoms with E-state index < -0.39 is 0 Å². The summed E-state index contributed by atoms with van der Waals surface area (Å²) < 4.78 is 0. The molecule has 0 aromatic heterocycles. The van der Waals surface area contributed by atoms with Gasteiger partial charge in [0, 0.05) is 39.0 Å². The molecule has 2 aliphatic carbocycles. The average Bonchev–Trinajstić information content (AvgIpc) is 3.12. The number of hydrogen-bond donors (Lipinski definition) is 0. The van der Waals surface area contributed by atoms with Gasteiger partial charge in [0.25, 0.3) is 0 Å². The summed E-state index contributed by atoms with van der Waals surface area (Å²) in [5.74, 6) is 0. The van der Waals surface area contributed by atoms with Crippen LogP contribution in [0.5, 0.6) is 0 Å². The van der Waals surface area contributed by atoms with Crippen molar-refractivity contribution in [2.45, 2.75) is 45.4 Å². The molecule has 2 rings (SSSR count). The molecule has 0 heterocycles. The van der Waals surface area contributed by atoms with E-state index in [9.17, 15) is 0 Å². The van der Waals surface area contributed by atoms with Gasteiger partial charge in [-0.1, -0.05) is 101 Å². The second-order valence-corrected chi connectivity index (χ2v) is 4.19.